The summed E-state index contributed by atoms with van der Waals surface area (Å²) in [4.78, 5) is 8.29. The van der Waals surface area contributed by atoms with Gasteiger partial charge in [0.1, 0.15) is 12.0 Å². The van der Waals surface area contributed by atoms with Gasteiger partial charge in [0.15, 0.2) is 0 Å². The van der Waals surface area contributed by atoms with Crippen LogP contribution in [0.2, 0.25) is 0 Å². The zero-order valence-electron chi connectivity index (χ0n) is 16.5. The van der Waals surface area contributed by atoms with Gasteiger partial charge < -0.3 is 9.80 Å². The normalized spacial score (nSPS) is 19.6. The average molecular weight is 320 g/mol. The molecule has 2 aromatic heterocycles. The lowest BCUT2D eigenvalue weighted by Gasteiger charge is -2.27. The predicted molar refractivity (Wildman–Crippen MR) is 98.1 cm³/mol. The number of aromatic nitrogens is 3. The molecule has 0 aliphatic carbocycles. The molecule has 1 atom stereocenters. The fourth-order valence-corrected chi connectivity index (χ4v) is 3.63. The molecule has 0 unspecified atom stereocenters. The van der Waals surface area contributed by atoms with E-state index in [1.807, 2.05) is 73.3 Å². The van der Waals surface area contributed by atoms with E-state index in [1.165, 1.54) is 4.90 Å². The molecule has 0 spiro atoms. The molecular formula is C19H19N5. The molecule has 0 N–H and O–H groups in total. The van der Waals surface area contributed by atoms with Gasteiger partial charge in [0.25, 0.3) is 0 Å². The third kappa shape index (κ3) is 1.56. The third-order valence-electron chi connectivity index (χ3n) is 4.86. The number of para-hydroxylation sites is 4. The number of benzene rings is 2. The molecule has 4 aromatic rings. The lowest BCUT2D eigenvalue weighted by atomic mass is 10.2. The van der Waals surface area contributed by atoms with Crippen molar-refractivity contribution in [3.05, 3.63) is 54.7 Å². The number of imidazole rings is 2. The monoisotopic (exact) mass is 320 g/mol. The smallest absolute Gasteiger partial charge is 0.216 e. The van der Waals surface area contributed by atoms with Gasteiger partial charge in [-0.25, -0.2) is 4.98 Å². The molecule has 1 aliphatic rings. The van der Waals surface area contributed by atoms with Crippen LogP contribution in [-0.2, 0) is 7.05 Å². The fraction of sp³-hybridized carbons (Fsp3) is 0.211. The third-order valence-corrected chi connectivity index (χ3v) is 4.86. The zero-order valence-corrected chi connectivity index (χ0v) is 13.5. The Morgan fingerprint density at radius 2 is 1.79 bits per heavy atom. The van der Waals surface area contributed by atoms with Crippen molar-refractivity contribution in [2.24, 2.45) is 7.05 Å². The lowest BCUT2D eigenvalue weighted by molar-refractivity contribution is 0.714. The SMILES string of the molecule is [2H]C([2H])([2H])N1c2ccccc2N(c2cn3c4ccccc4nc3n2C)[C@H]1C. The lowest BCUT2D eigenvalue weighted by Crippen LogP contribution is -2.36. The van der Waals surface area contributed by atoms with Crippen molar-refractivity contribution < 1.29 is 4.11 Å². The van der Waals surface area contributed by atoms with Crippen molar-refractivity contribution in [1.29, 1.82) is 0 Å². The Balaban J connectivity index is 1.74. The highest BCUT2D eigenvalue weighted by Crippen LogP contribution is 2.43. The second-order valence-corrected chi connectivity index (χ2v) is 6.18. The molecule has 5 nitrogen and oxygen atoms in total. The first-order valence-corrected chi connectivity index (χ1v) is 7.98. The second-order valence-electron chi connectivity index (χ2n) is 6.18. The zero-order chi connectivity index (χ0) is 18.9. The number of rotatable bonds is 1. The second kappa shape index (κ2) is 4.54. The van der Waals surface area contributed by atoms with Crippen LogP contribution in [0.25, 0.3) is 16.8 Å². The van der Waals surface area contributed by atoms with E-state index < -0.39 is 6.98 Å². The van der Waals surface area contributed by atoms with Gasteiger partial charge in [-0.3, -0.25) is 8.97 Å². The van der Waals surface area contributed by atoms with Crippen molar-refractivity contribution >= 4 is 34.0 Å². The molecule has 3 heterocycles. The summed E-state index contributed by atoms with van der Waals surface area (Å²) < 4.78 is 28.0. The van der Waals surface area contributed by atoms with Crippen LogP contribution in [0.1, 0.15) is 11.0 Å². The van der Waals surface area contributed by atoms with Crippen LogP contribution in [-0.4, -0.2) is 27.1 Å². The Morgan fingerprint density at radius 1 is 1.04 bits per heavy atom. The highest BCUT2D eigenvalue weighted by molar-refractivity contribution is 5.85. The molecule has 0 fully saturated rings. The van der Waals surface area contributed by atoms with Gasteiger partial charge in [0.05, 0.1) is 28.6 Å². The molecule has 0 saturated heterocycles. The first kappa shape index (κ1) is 10.8. The molecule has 0 radical (unpaired) electrons. The van der Waals surface area contributed by atoms with Crippen LogP contribution in [0.5, 0.6) is 0 Å². The first-order valence-electron chi connectivity index (χ1n) is 9.48. The first-order chi connectivity index (χ1) is 12.9. The summed E-state index contributed by atoms with van der Waals surface area (Å²) in [7, 11) is 1.96. The van der Waals surface area contributed by atoms with Crippen molar-refractivity contribution in [1.82, 2.24) is 14.0 Å². The molecule has 0 amide bonds. The van der Waals surface area contributed by atoms with Gasteiger partial charge in [-0.2, -0.15) is 0 Å². The molecule has 0 bridgehead atoms. The Bertz CT molecular complexity index is 1170. The van der Waals surface area contributed by atoms with E-state index in [1.54, 1.807) is 0 Å². The Hall–Kier alpha value is -2.95. The maximum atomic E-state index is 7.99. The van der Waals surface area contributed by atoms with Gasteiger partial charge in [-0.1, -0.05) is 24.3 Å². The van der Waals surface area contributed by atoms with Crippen molar-refractivity contribution in [2.75, 3.05) is 16.8 Å². The summed E-state index contributed by atoms with van der Waals surface area (Å²) in [6, 6.07) is 15.6. The van der Waals surface area contributed by atoms with Crippen LogP contribution in [0, 0.1) is 0 Å². The number of nitrogens with zero attached hydrogens (tertiary/aromatic N) is 5. The van der Waals surface area contributed by atoms with E-state index >= 15 is 0 Å². The van der Waals surface area contributed by atoms with Crippen LogP contribution >= 0.6 is 0 Å². The van der Waals surface area contributed by atoms with Crippen LogP contribution < -0.4 is 9.80 Å². The molecule has 5 heteroatoms. The summed E-state index contributed by atoms with van der Waals surface area (Å²) in [6.07, 6.45) is 1.68. The average Bonchev–Trinajstić information content (AvgIpc) is 3.23. The van der Waals surface area contributed by atoms with E-state index in [2.05, 4.69) is 9.30 Å². The van der Waals surface area contributed by atoms with E-state index in [-0.39, 0.29) is 6.17 Å². The highest BCUT2D eigenvalue weighted by Gasteiger charge is 2.33. The molecule has 1 aliphatic heterocycles. The summed E-state index contributed by atoms with van der Waals surface area (Å²) in [5.74, 6) is 1.72. The topological polar surface area (TPSA) is 28.7 Å². The molecular weight excluding hydrogens is 298 g/mol. The molecule has 0 saturated carbocycles. The highest BCUT2D eigenvalue weighted by atomic mass is 15.4. The minimum Gasteiger partial charge on any atom is -0.352 e. The van der Waals surface area contributed by atoms with Gasteiger partial charge >= 0.3 is 0 Å². The largest absolute Gasteiger partial charge is 0.352 e. The summed E-state index contributed by atoms with van der Waals surface area (Å²) >= 11 is 0. The Kier molecular flexibility index (Phi) is 2.03. The van der Waals surface area contributed by atoms with Crippen molar-refractivity contribution in [2.45, 2.75) is 13.1 Å². The predicted octanol–water partition coefficient (Wildman–Crippen LogP) is 3.76. The number of hydrogen-bond donors (Lipinski definition) is 0. The van der Waals surface area contributed by atoms with E-state index in [0.29, 0.717) is 5.69 Å². The van der Waals surface area contributed by atoms with E-state index in [0.717, 1.165) is 28.3 Å². The number of anilines is 3. The van der Waals surface area contributed by atoms with Gasteiger partial charge in [0, 0.05) is 18.1 Å². The van der Waals surface area contributed by atoms with Gasteiger partial charge in [-0.05, 0) is 31.2 Å². The van der Waals surface area contributed by atoms with Crippen molar-refractivity contribution in [3.63, 3.8) is 0 Å². The maximum absolute atomic E-state index is 7.99. The van der Waals surface area contributed by atoms with Gasteiger partial charge in [-0.15, -0.1) is 0 Å². The number of fused-ring (bicyclic) bond motifs is 4. The minimum atomic E-state index is -2.22. The van der Waals surface area contributed by atoms with Crippen LogP contribution in [0.4, 0.5) is 17.2 Å². The molecule has 2 aromatic carbocycles. The van der Waals surface area contributed by atoms with Crippen LogP contribution in [0.3, 0.4) is 0 Å². The summed E-state index contributed by atoms with van der Waals surface area (Å²) in [6.45, 7) is -0.303. The number of hydrogen-bond acceptors (Lipinski definition) is 3. The summed E-state index contributed by atoms with van der Waals surface area (Å²) in [5.41, 5.74) is 3.57. The van der Waals surface area contributed by atoms with Gasteiger partial charge in [0.2, 0.25) is 5.78 Å². The molecule has 120 valence electrons. The van der Waals surface area contributed by atoms with Crippen LogP contribution in [0.15, 0.2) is 54.7 Å². The fourth-order valence-electron chi connectivity index (χ4n) is 3.63. The van der Waals surface area contributed by atoms with E-state index in [9.17, 15) is 0 Å². The molecule has 5 rings (SSSR count). The quantitative estimate of drug-likeness (QED) is 0.535. The number of aryl methyl sites for hydroxylation is 1. The van der Waals surface area contributed by atoms with E-state index in [4.69, 9.17) is 9.10 Å². The molecule has 24 heavy (non-hydrogen) atoms. The minimum absolute atomic E-state index is 0.348. The summed E-state index contributed by atoms with van der Waals surface area (Å²) in [5, 5.41) is 0. The standard InChI is InChI=1S/C19H19N5/c1-13-21(2)16-10-6-7-11-17(16)24(13)18-12-23-15-9-5-4-8-14(15)20-19(23)22(18)3/h4-13H,1-3H3/t13-/m0/s1/i2D3. The Labute approximate surface area is 144 Å². The maximum Gasteiger partial charge on any atom is 0.216 e. The Morgan fingerprint density at radius 3 is 2.62 bits per heavy atom. The van der Waals surface area contributed by atoms with Crippen molar-refractivity contribution in [3.8, 4) is 0 Å².